The van der Waals surface area contributed by atoms with Gasteiger partial charge in [-0.2, -0.15) is 13.2 Å². The van der Waals surface area contributed by atoms with E-state index in [1.54, 1.807) is 17.6 Å². The quantitative estimate of drug-likeness (QED) is 0.866. The number of thiazole rings is 1. The zero-order valence-electron chi connectivity index (χ0n) is 14.3. The van der Waals surface area contributed by atoms with Crippen LogP contribution in [0.2, 0.25) is 0 Å². The third-order valence-corrected chi connectivity index (χ3v) is 5.70. The lowest BCUT2D eigenvalue weighted by atomic mass is 9.98. The molecule has 0 spiro atoms. The van der Waals surface area contributed by atoms with Crippen LogP contribution in [0.5, 0.6) is 0 Å². The van der Waals surface area contributed by atoms with Crippen molar-refractivity contribution in [2.45, 2.75) is 44.6 Å². The lowest BCUT2D eigenvalue weighted by Crippen LogP contribution is -2.45. The van der Waals surface area contributed by atoms with Crippen molar-refractivity contribution in [3.8, 4) is 10.6 Å². The van der Waals surface area contributed by atoms with Crippen molar-refractivity contribution in [2.24, 2.45) is 0 Å². The van der Waals surface area contributed by atoms with E-state index in [-0.39, 0.29) is 0 Å². The van der Waals surface area contributed by atoms with E-state index >= 15 is 0 Å². The van der Waals surface area contributed by atoms with Crippen LogP contribution in [0, 0.1) is 0 Å². The zero-order chi connectivity index (χ0) is 18.0. The van der Waals surface area contributed by atoms with Crippen molar-refractivity contribution >= 4 is 11.3 Å². The number of piperidine rings is 1. The number of likely N-dealkylation sites (tertiary alicyclic amines) is 1. The highest BCUT2D eigenvalue weighted by molar-refractivity contribution is 7.13. The molecule has 0 bridgehead atoms. The molecule has 2 heterocycles. The van der Waals surface area contributed by atoms with Gasteiger partial charge in [-0.1, -0.05) is 6.07 Å². The monoisotopic (exact) mass is 369 g/mol. The number of halogens is 3. The second-order valence-corrected chi connectivity index (χ2v) is 7.53. The highest BCUT2D eigenvalue weighted by Gasteiger charge is 2.31. The van der Waals surface area contributed by atoms with Gasteiger partial charge in [0.05, 0.1) is 5.56 Å². The number of hydrogen-bond acceptors (Lipinski definition) is 4. The molecule has 1 fully saturated rings. The lowest BCUT2D eigenvalue weighted by Gasteiger charge is -2.35. The standard InChI is InChI=1S/C18H22F3N3S/c1-12-9-15(5-7-24(12)2)23-11-13-3-4-14(18(19,20)21)10-16(13)17-22-6-8-25-17/h3-4,6,8,10,12,15,23H,5,7,9,11H2,1-2H3. The molecule has 2 unspecified atom stereocenters. The summed E-state index contributed by atoms with van der Waals surface area (Å²) >= 11 is 1.36. The normalized spacial score (nSPS) is 22.3. The number of hydrogen-bond donors (Lipinski definition) is 1. The summed E-state index contributed by atoms with van der Waals surface area (Å²) in [6.07, 6.45) is -0.630. The fourth-order valence-electron chi connectivity index (χ4n) is 3.19. The van der Waals surface area contributed by atoms with Crippen molar-refractivity contribution in [1.29, 1.82) is 0 Å². The van der Waals surface area contributed by atoms with Gasteiger partial charge in [-0.05, 0) is 51.1 Å². The molecule has 2 atom stereocenters. The average Bonchev–Trinajstić information content (AvgIpc) is 3.09. The minimum atomic E-state index is -4.35. The Hall–Kier alpha value is -1.44. The van der Waals surface area contributed by atoms with Crippen LogP contribution in [0.1, 0.15) is 30.9 Å². The molecule has 1 saturated heterocycles. The largest absolute Gasteiger partial charge is 0.416 e. The average molecular weight is 369 g/mol. The summed E-state index contributed by atoms with van der Waals surface area (Å²) < 4.78 is 39.2. The second-order valence-electron chi connectivity index (χ2n) is 6.64. The third-order valence-electron chi connectivity index (χ3n) is 4.89. The van der Waals surface area contributed by atoms with Gasteiger partial charge < -0.3 is 10.2 Å². The fraction of sp³-hybridized carbons (Fsp3) is 0.500. The first-order valence-electron chi connectivity index (χ1n) is 8.38. The summed E-state index contributed by atoms with van der Waals surface area (Å²) in [5, 5.41) is 5.93. The molecular weight excluding hydrogens is 347 g/mol. The third kappa shape index (κ3) is 4.40. The number of alkyl halides is 3. The molecule has 1 aliphatic rings. The van der Waals surface area contributed by atoms with Gasteiger partial charge in [-0.25, -0.2) is 4.98 Å². The molecule has 0 radical (unpaired) electrons. The van der Waals surface area contributed by atoms with Crippen LogP contribution < -0.4 is 5.32 Å². The lowest BCUT2D eigenvalue weighted by molar-refractivity contribution is -0.137. The number of rotatable bonds is 4. The Labute approximate surface area is 149 Å². The minimum Gasteiger partial charge on any atom is -0.310 e. The summed E-state index contributed by atoms with van der Waals surface area (Å²) in [5.41, 5.74) is 0.794. The van der Waals surface area contributed by atoms with Crippen molar-refractivity contribution in [3.05, 3.63) is 40.9 Å². The summed E-state index contributed by atoms with van der Waals surface area (Å²) in [7, 11) is 2.12. The van der Waals surface area contributed by atoms with E-state index in [2.05, 4.69) is 29.2 Å². The van der Waals surface area contributed by atoms with Crippen LogP contribution >= 0.6 is 11.3 Å². The van der Waals surface area contributed by atoms with Gasteiger partial charge >= 0.3 is 6.18 Å². The SMILES string of the molecule is CC1CC(NCc2ccc(C(F)(F)F)cc2-c2nccs2)CCN1C. The van der Waals surface area contributed by atoms with Crippen molar-refractivity contribution in [2.75, 3.05) is 13.6 Å². The molecule has 25 heavy (non-hydrogen) atoms. The Morgan fingerprint density at radius 2 is 2.16 bits per heavy atom. The number of benzene rings is 1. The van der Waals surface area contributed by atoms with Crippen LogP contribution in [0.3, 0.4) is 0 Å². The molecule has 3 nitrogen and oxygen atoms in total. The van der Waals surface area contributed by atoms with Crippen LogP contribution in [0.4, 0.5) is 13.2 Å². The first-order valence-corrected chi connectivity index (χ1v) is 9.26. The van der Waals surface area contributed by atoms with Crippen LogP contribution in [0.15, 0.2) is 29.8 Å². The first-order chi connectivity index (χ1) is 11.8. The van der Waals surface area contributed by atoms with Gasteiger partial charge in [0.2, 0.25) is 0 Å². The Balaban J connectivity index is 1.79. The van der Waals surface area contributed by atoms with E-state index < -0.39 is 11.7 Å². The number of aromatic nitrogens is 1. The highest BCUT2D eigenvalue weighted by Crippen LogP contribution is 2.34. The molecule has 2 aromatic rings. The Morgan fingerprint density at radius 1 is 1.36 bits per heavy atom. The van der Waals surface area contributed by atoms with Crippen molar-refractivity contribution < 1.29 is 13.2 Å². The van der Waals surface area contributed by atoms with Gasteiger partial charge in [0, 0.05) is 35.8 Å². The maximum atomic E-state index is 13.1. The highest BCUT2D eigenvalue weighted by atomic mass is 32.1. The summed E-state index contributed by atoms with van der Waals surface area (Å²) in [4.78, 5) is 6.53. The van der Waals surface area contributed by atoms with E-state index in [0.29, 0.717) is 29.2 Å². The van der Waals surface area contributed by atoms with E-state index in [0.717, 1.165) is 31.0 Å². The zero-order valence-corrected chi connectivity index (χ0v) is 15.1. The predicted octanol–water partition coefficient (Wildman–Crippen LogP) is 4.40. The molecule has 1 aromatic carbocycles. The Kier molecular flexibility index (Phi) is 5.46. The maximum Gasteiger partial charge on any atom is 0.416 e. The molecule has 7 heteroatoms. The second kappa shape index (κ2) is 7.43. The van der Waals surface area contributed by atoms with Gasteiger partial charge in [-0.15, -0.1) is 11.3 Å². The molecule has 3 rings (SSSR count). The van der Waals surface area contributed by atoms with Gasteiger partial charge in [0.15, 0.2) is 0 Å². The molecule has 0 aliphatic carbocycles. The topological polar surface area (TPSA) is 28.2 Å². The molecule has 136 valence electrons. The molecule has 1 aromatic heterocycles. The summed E-state index contributed by atoms with van der Waals surface area (Å²) in [5.74, 6) is 0. The summed E-state index contributed by atoms with van der Waals surface area (Å²) in [6.45, 7) is 3.78. The minimum absolute atomic E-state index is 0.387. The van der Waals surface area contributed by atoms with E-state index in [4.69, 9.17) is 0 Å². The molecular formula is C18H22F3N3S. The van der Waals surface area contributed by atoms with Crippen molar-refractivity contribution in [3.63, 3.8) is 0 Å². The Morgan fingerprint density at radius 3 is 2.80 bits per heavy atom. The predicted molar refractivity (Wildman–Crippen MR) is 94.5 cm³/mol. The van der Waals surface area contributed by atoms with E-state index in [1.165, 1.54) is 17.4 Å². The van der Waals surface area contributed by atoms with E-state index in [1.807, 2.05) is 0 Å². The van der Waals surface area contributed by atoms with Gasteiger partial charge in [0.1, 0.15) is 5.01 Å². The van der Waals surface area contributed by atoms with Crippen LogP contribution in [-0.4, -0.2) is 35.6 Å². The molecule has 0 saturated carbocycles. The smallest absolute Gasteiger partial charge is 0.310 e. The Bertz CT molecular complexity index is 700. The molecule has 1 N–H and O–H groups in total. The first kappa shape index (κ1) is 18.4. The van der Waals surface area contributed by atoms with Gasteiger partial charge in [-0.3, -0.25) is 0 Å². The maximum absolute atomic E-state index is 13.1. The van der Waals surface area contributed by atoms with Gasteiger partial charge in [0.25, 0.3) is 0 Å². The molecule has 0 amide bonds. The van der Waals surface area contributed by atoms with Crippen LogP contribution in [-0.2, 0) is 12.7 Å². The van der Waals surface area contributed by atoms with Crippen LogP contribution in [0.25, 0.3) is 10.6 Å². The number of nitrogens with one attached hydrogen (secondary N) is 1. The number of nitrogens with zero attached hydrogens (tertiary/aromatic N) is 2. The summed E-state index contributed by atoms with van der Waals surface area (Å²) in [6, 6.07) is 4.85. The molecule has 1 aliphatic heterocycles. The van der Waals surface area contributed by atoms with Crippen molar-refractivity contribution in [1.82, 2.24) is 15.2 Å². The fourth-order valence-corrected chi connectivity index (χ4v) is 3.88. The van der Waals surface area contributed by atoms with E-state index in [9.17, 15) is 13.2 Å².